The van der Waals surface area contributed by atoms with Crippen LogP contribution in [0.25, 0.3) is 11.5 Å². The van der Waals surface area contributed by atoms with Crippen LogP contribution in [-0.4, -0.2) is 38.1 Å². The molecule has 0 radical (unpaired) electrons. The lowest BCUT2D eigenvalue weighted by molar-refractivity contribution is -0.119. The van der Waals surface area contributed by atoms with Gasteiger partial charge in [-0.1, -0.05) is 0 Å². The van der Waals surface area contributed by atoms with E-state index in [0.29, 0.717) is 47.7 Å². The topological polar surface area (TPSA) is 128 Å². The molecule has 0 bridgehead atoms. The molecule has 11 heteroatoms. The minimum absolute atomic E-state index is 0.142. The summed E-state index contributed by atoms with van der Waals surface area (Å²) < 4.78 is 34.1. The van der Waals surface area contributed by atoms with Gasteiger partial charge in [0.05, 0.1) is 18.0 Å². The first-order valence-corrected chi connectivity index (χ1v) is 12.5. The lowest BCUT2D eigenvalue weighted by Crippen LogP contribution is -2.18. The SMILES string of the molecule is CC(=O)NCc1ccc(-c2csc(NC(=O)CCCOc3ccc(S(C)(=O)=O)cc3)n2)o1. The predicted molar refractivity (Wildman–Crippen MR) is 120 cm³/mol. The highest BCUT2D eigenvalue weighted by Crippen LogP contribution is 2.26. The lowest BCUT2D eigenvalue weighted by Gasteiger charge is -2.07. The molecule has 9 nitrogen and oxygen atoms in total. The maximum Gasteiger partial charge on any atom is 0.226 e. The third kappa shape index (κ3) is 6.92. The number of benzene rings is 1. The third-order valence-electron chi connectivity index (χ3n) is 4.24. The molecule has 0 fully saturated rings. The first-order chi connectivity index (χ1) is 15.2. The molecule has 2 N–H and O–H groups in total. The maximum absolute atomic E-state index is 12.1. The number of aromatic nitrogens is 1. The minimum Gasteiger partial charge on any atom is -0.494 e. The molecule has 0 aliphatic carbocycles. The number of hydrogen-bond donors (Lipinski definition) is 2. The van der Waals surface area contributed by atoms with E-state index in [9.17, 15) is 18.0 Å². The summed E-state index contributed by atoms with van der Waals surface area (Å²) in [5, 5.41) is 7.65. The van der Waals surface area contributed by atoms with Crippen molar-refractivity contribution in [1.82, 2.24) is 10.3 Å². The monoisotopic (exact) mass is 477 g/mol. The molecule has 2 amide bonds. The maximum atomic E-state index is 12.1. The number of nitrogens with one attached hydrogen (secondary N) is 2. The Morgan fingerprint density at radius 2 is 1.91 bits per heavy atom. The zero-order chi connectivity index (χ0) is 23.1. The van der Waals surface area contributed by atoms with Crippen LogP contribution in [0.15, 0.2) is 51.1 Å². The number of carbonyl (C=O) groups is 2. The predicted octanol–water partition coefficient (Wildman–Crippen LogP) is 3.24. The first kappa shape index (κ1) is 23.5. The van der Waals surface area contributed by atoms with Gasteiger partial charge in [-0.2, -0.15) is 0 Å². The molecule has 170 valence electrons. The number of thiazole rings is 1. The van der Waals surface area contributed by atoms with E-state index >= 15 is 0 Å². The number of hydrogen-bond acceptors (Lipinski definition) is 8. The Bertz CT molecular complexity index is 1180. The van der Waals surface area contributed by atoms with Gasteiger partial charge in [-0.15, -0.1) is 11.3 Å². The highest BCUT2D eigenvalue weighted by atomic mass is 32.2. The van der Waals surface area contributed by atoms with Gasteiger partial charge >= 0.3 is 0 Å². The van der Waals surface area contributed by atoms with Crippen molar-refractivity contribution in [2.75, 3.05) is 18.2 Å². The van der Waals surface area contributed by atoms with E-state index in [1.165, 1.54) is 30.4 Å². The Labute approximate surface area is 189 Å². The second kappa shape index (κ2) is 10.4. The molecule has 3 rings (SSSR count). The minimum atomic E-state index is -3.24. The average Bonchev–Trinajstić information content (AvgIpc) is 3.39. The van der Waals surface area contributed by atoms with Crippen molar-refractivity contribution >= 4 is 38.1 Å². The van der Waals surface area contributed by atoms with Crippen LogP contribution in [0.5, 0.6) is 5.75 Å². The van der Waals surface area contributed by atoms with Crippen molar-refractivity contribution in [1.29, 1.82) is 0 Å². The van der Waals surface area contributed by atoms with Gasteiger partial charge in [0, 0.05) is 25.0 Å². The van der Waals surface area contributed by atoms with E-state index in [1.54, 1.807) is 29.6 Å². The largest absolute Gasteiger partial charge is 0.494 e. The second-order valence-electron chi connectivity index (χ2n) is 6.96. The number of carbonyl (C=O) groups excluding carboxylic acids is 2. The van der Waals surface area contributed by atoms with Crippen molar-refractivity contribution in [3.05, 3.63) is 47.5 Å². The molecule has 0 aliphatic rings. The zero-order valence-corrected chi connectivity index (χ0v) is 19.2. The summed E-state index contributed by atoms with van der Waals surface area (Å²) in [4.78, 5) is 27.7. The van der Waals surface area contributed by atoms with E-state index in [0.717, 1.165) is 6.26 Å². The van der Waals surface area contributed by atoms with Gasteiger partial charge < -0.3 is 19.8 Å². The van der Waals surface area contributed by atoms with Crippen LogP contribution >= 0.6 is 11.3 Å². The summed E-state index contributed by atoms with van der Waals surface area (Å²) in [7, 11) is -3.24. The quantitative estimate of drug-likeness (QED) is 0.429. The molecule has 32 heavy (non-hydrogen) atoms. The van der Waals surface area contributed by atoms with Gasteiger partial charge in [-0.05, 0) is 42.8 Å². The normalized spacial score (nSPS) is 11.2. The van der Waals surface area contributed by atoms with Crippen molar-refractivity contribution in [3.63, 3.8) is 0 Å². The van der Waals surface area contributed by atoms with Crippen LogP contribution in [0.1, 0.15) is 25.5 Å². The summed E-state index contributed by atoms with van der Waals surface area (Å²) in [5.41, 5.74) is 0.597. The van der Waals surface area contributed by atoms with Crippen LogP contribution in [0, 0.1) is 0 Å². The number of furan rings is 1. The molecule has 0 saturated heterocycles. The van der Waals surface area contributed by atoms with Gasteiger partial charge in [0.25, 0.3) is 0 Å². The molecule has 2 aromatic heterocycles. The average molecular weight is 478 g/mol. The number of amides is 2. The summed E-state index contributed by atoms with van der Waals surface area (Å²) >= 11 is 1.29. The van der Waals surface area contributed by atoms with Crippen molar-refractivity contribution in [2.24, 2.45) is 0 Å². The Kier molecular flexibility index (Phi) is 7.65. The van der Waals surface area contributed by atoms with Crippen molar-refractivity contribution < 1.29 is 27.2 Å². The summed E-state index contributed by atoms with van der Waals surface area (Å²) in [6.45, 7) is 2.05. The molecule has 0 unspecified atom stereocenters. The zero-order valence-electron chi connectivity index (χ0n) is 17.6. The van der Waals surface area contributed by atoms with Crippen molar-refractivity contribution in [2.45, 2.75) is 31.2 Å². The smallest absolute Gasteiger partial charge is 0.226 e. The third-order valence-corrected chi connectivity index (χ3v) is 6.13. The molecule has 0 atom stereocenters. The highest BCUT2D eigenvalue weighted by Gasteiger charge is 2.12. The number of ether oxygens (including phenoxy) is 1. The highest BCUT2D eigenvalue weighted by molar-refractivity contribution is 7.90. The fourth-order valence-electron chi connectivity index (χ4n) is 2.65. The lowest BCUT2D eigenvalue weighted by atomic mass is 10.3. The van der Waals surface area contributed by atoms with E-state index in [1.807, 2.05) is 0 Å². The number of rotatable bonds is 10. The molecule has 0 spiro atoms. The van der Waals surface area contributed by atoms with Crippen molar-refractivity contribution in [3.8, 4) is 17.2 Å². The molecule has 0 aliphatic heterocycles. The van der Waals surface area contributed by atoms with E-state index in [2.05, 4.69) is 15.6 Å². The molecule has 1 aromatic carbocycles. The van der Waals surface area contributed by atoms with E-state index in [4.69, 9.17) is 9.15 Å². The summed E-state index contributed by atoms with van der Waals surface area (Å²) in [6, 6.07) is 9.67. The number of anilines is 1. The second-order valence-corrected chi connectivity index (χ2v) is 9.83. The van der Waals surface area contributed by atoms with Gasteiger partial charge in [-0.25, -0.2) is 13.4 Å². The van der Waals surface area contributed by atoms with Crippen LogP contribution in [-0.2, 0) is 26.0 Å². The van der Waals surface area contributed by atoms with Gasteiger partial charge in [0.1, 0.15) is 17.2 Å². The Hall–Kier alpha value is -3.18. The van der Waals surface area contributed by atoms with Crippen LogP contribution in [0.4, 0.5) is 5.13 Å². The fourth-order valence-corrected chi connectivity index (χ4v) is 4.00. The van der Waals surface area contributed by atoms with Crippen LogP contribution in [0.2, 0.25) is 0 Å². The van der Waals surface area contributed by atoms with Gasteiger partial charge in [0.2, 0.25) is 11.8 Å². The number of sulfone groups is 1. The summed E-state index contributed by atoms with van der Waals surface area (Å²) in [5.74, 6) is 1.38. The Balaban J connectivity index is 1.42. The molecule has 0 saturated carbocycles. The molecular formula is C21H23N3O6S2. The summed E-state index contributed by atoms with van der Waals surface area (Å²) in [6.07, 6.45) is 1.88. The van der Waals surface area contributed by atoms with E-state index < -0.39 is 9.84 Å². The van der Waals surface area contributed by atoms with Gasteiger partial charge in [0.15, 0.2) is 20.7 Å². The fraction of sp³-hybridized carbons (Fsp3) is 0.286. The van der Waals surface area contributed by atoms with E-state index in [-0.39, 0.29) is 23.1 Å². The Morgan fingerprint density at radius 1 is 1.16 bits per heavy atom. The first-order valence-electron chi connectivity index (χ1n) is 9.72. The molecule has 2 heterocycles. The van der Waals surface area contributed by atoms with Gasteiger partial charge in [-0.3, -0.25) is 9.59 Å². The standard InChI is InChI=1S/C21H23N3O6S2/c1-14(25)22-12-16-7-10-19(30-16)18-13-31-21(23-18)24-20(26)4-3-11-29-15-5-8-17(9-6-15)32(2,27)28/h5-10,13H,3-4,11-12H2,1-2H3,(H,22,25)(H,23,24,26). The molecule has 3 aromatic rings. The Morgan fingerprint density at radius 3 is 2.59 bits per heavy atom. The molecular weight excluding hydrogens is 454 g/mol. The van der Waals surface area contributed by atoms with Crippen LogP contribution < -0.4 is 15.4 Å². The number of nitrogens with zero attached hydrogens (tertiary/aromatic N) is 1. The van der Waals surface area contributed by atoms with Crippen LogP contribution in [0.3, 0.4) is 0 Å².